The van der Waals surface area contributed by atoms with Crippen LogP contribution in [0.3, 0.4) is 0 Å². The number of likely N-dealkylation sites (tertiary alicyclic amines) is 1. The van der Waals surface area contributed by atoms with Gasteiger partial charge in [0.2, 0.25) is 0 Å². The summed E-state index contributed by atoms with van der Waals surface area (Å²) in [5.74, 6) is 0.531. The normalized spacial score (nSPS) is 38.1. The van der Waals surface area contributed by atoms with Gasteiger partial charge in [0.1, 0.15) is 4.33 Å². The minimum absolute atomic E-state index is 0.388. The number of hydrogen-bond donors (Lipinski definition) is 0. The molecule has 3 heteroatoms. The Morgan fingerprint density at radius 3 is 2.69 bits per heavy atom. The van der Waals surface area contributed by atoms with E-state index in [0.717, 1.165) is 19.0 Å². The van der Waals surface area contributed by atoms with Crippen LogP contribution in [0, 0.1) is 5.92 Å². The maximum Gasteiger partial charge on any atom is 0.122 e. The van der Waals surface area contributed by atoms with Crippen LogP contribution in [0.2, 0.25) is 0 Å². The predicted molar refractivity (Wildman–Crippen MR) is 57.4 cm³/mol. The van der Waals surface area contributed by atoms with E-state index in [9.17, 15) is 0 Å². The van der Waals surface area contributed by atoms with Gasteiger partial charge in [-0.15, -0.1) is 23.2 Å². The second-order valence-electron chi connectivity index (χ2n) is 4.36. The molecule has 0 bridgehead atoms. The zero-order chi connectivity index (χ0) is 9.47. The monoisotopic (exact) mass is 221 g/mol. The van der Waals surface area contributed by atoms with Gasteiger partial charge in [-0.2, -0.15) is 0 Å². The molecular weight excluding hydrogens is 205 g/mol. The van der Waals surface area contributed by atoms with Crippen LogP contribution in [0.15, 0.2) is 0 Å². The van der Waals surface area contributed by atoms with Crippen LogP contribution in [0.5, 0.6) is 0 Å². The van der Waals surface area contributed by atoms with E-state index in [1.54, 1.807) is 0 Å². The molecule has 2 unspecified atom stereocenters. The first-order valence-electron chi connectivity index (χ1n) is 5.25. The Balaban J connectivity index is 1.81. The molecule has 1 saturated carbocycles. The fourth-order valence-electron chi connectivity index (χ4n) is 2.35. The molecule has 1 nitrogen and oxygen atoms in total. The van der Waals surface area contributed by atoms with Crippen LogP contribution in [0.1, 0.15) is 32.6 Å². The zero-order valence-corrected chi connectivity index (χ0v) is 9.61. The summed E-state index contributed by atoms with van der Waals surface area (Å²) in [5.41, 5.74) is 0. The molecular formula is C10H17Cl2N. The minimum Gasteiger partial charge on any atom is -0.300 e. The number of halogens is 2. The number of hydrogen-bond acceptors (Lipinski definition) is 1. The highest BCUT2D eigenvalue weighted by atomic mass is 35.5. The van der Waals surface area contributed by atoms with Crippen LogP contribution < -0.4 is 0 Å². The largest absolute Gasteiger partial charge is 0.300 e. The quantitative estimate of drug-likeness (QED) is 0.663. The third-order valence-corrected chi connectivity index (χ3v) is 4.31. The van der Waals surface area contributed by atoms with E-state index in [1.807, 2.05) is 0 Å². The van der Waals surface area contributed by atoms with E-state index in [4.69, 9.17) is 23.2 Å². The summed E-state index contributed by atoms with van der Waals surface area (Å²) in [5, 5.41) is 0. The van der Waals surface area contributed by atoms with Crippen molar-refractivity contribution in [3.63, 3.8) is 0 Å². The fraction of sp³-hybridized carbons (Fsp3) is 1.00. The van der Waals surface area contributed by atoms with E-state index in [2.05, 4.69) is 11.8 Å². The highest BCUT2D eigenvalue weighted by molar-refractivity contribution is 6.50. The zero-order valence-electron chi connectivity index (χ0n) is 8.10. The van der Waals surface area contributed by atoms with Gasteiger partial charge >= 0.3 is 0 Å². The highest BCUT2D eigenvalue weighted by Gasteiger charge is 2.52. The van der Waals surface area contributed by atoms with Crippen molar-refractivity contribution < 1.29 is 0 Å². The Morgan fingerprint density at radius 2 is 2.15 bits per heavy atom. The molecule has 1 aliphatic heterocycles. The molecule has 0 spiro atoms. The summed E-state index contributed by atoms with van der Waals surface area (Å²) in [4.78, 5) is 2.57. The van der Waals surface area contributed by atoms with Crippen LogP contribution >= 0.6 is 23.2 Å². The topological polar surface area (TPSA) is 3.24 Å². The van der Waals surface area contributed by atoms with Crippen molar-refractivity contribution in [2.24, 2.45) is 5.92 Å². The van der Waals surface area contributed by atoms with Crippen LogP contribution in [-0.2, 0) is 0 Å². The van der Waals surface area contributed by atoms with Gasteiger partial charge in [0.05, 0.1) is 0 Å². The molecule has 2 atom stereocenters. The summed E-state index contributed by atoms with van der Waals surface area (Å²) >= 11 is 12.0. The third-order valence-electron chi connectivity index (χ3n) is 3.38. The van der Waals surface area contributed by atoms with Crippen LogP contribution in [0.25, 0.3) is 0 Å². The first-order valence-corrected chi connectivity index (χ1v) is 6.01. The van der Waals surface area contributed by atoms with Gasteiger partial charge in [-0.1, -0.05) is 6.92 Å². The van der Waals surface area contributed by atoms with E-state index in [-0.39, 0.29) is 4.33 Å². The Bertz CT molecular complexity index is 193. The van der Waals surface area contributed by atoms with Crippen LogP contribution in [-0.4, -0.2) is 28.4 Å². The van der Waals surface area contributed by atoms with Crippen molar-refractivity contribution in [1.29, 1.82) is 0 Å². The summed E-state index contributed by atoms with van der Waals surface area (Å²) in [6.45, 7) is 4.63. The average molecular weight is 222 g/mol. The lowest BCUT2D eigenvalue weighted by Gasteiger charge is -2.23. The molecule has 2 aliphatic rings. The van der Waals surface area contributed by atoms with E-state index < -0.39 is 0 Å². The van der Waals surface area contributed by atoms with Crippen LogP contribution in [0.4, 0.5) is 0 Å². The maximum atomic E-state index is 6.02. The van der Waals surface area contributed by atoms with Gasteiger partial charge in [0.25, 0.3) is 0 Å². The lowest BCUT2D eigenvalue weighted by molar-refractivity contribution is 0.238. The van der Waals surface area contributed by atoms with Gasteiger partial charge in [0, 0.05) is 18.5 Å². The van der Waals surface area contributed by atoms with Crippen molar-refractivity contribution in [2.75, 3.05) is 13.1 Å². The number of alkyl halides is 2. The van der Waals surface area contributed by atoms with Crippen molar-refractivity contribution in [3.8, 4) is 0 Å². The molecule has 13 heavy (non-hydrogen) atoms. The minimum atomic E-state index is -0.388. The predicted octanol–water partition coefficient (Wildman–Crippen LogP) is 3.05. The average Bonchev–Trinajstić information content (AvgIpc) is 2.50. The van der Waals surface area contributed by atoms with Crippen molar-refractivity contribution in [2.45, 2.75) is 43.0 Å². The fourth-order valence-corrected chi connectivity index (χ4v) is 2.86. The van der Waals surface area contributed by atoms with E-state index in [1.165, 1.54) is 25.8 Å². The molecule has 1 heterocycles. The van der Waals surface area contributed by atoms with Gasteiger partial charge in [-0.05, 0) is 32.2 Å². The third kappa shape index (κ3) is 2.14. The Kier molecular flexibility index (Phi) is 2.79. The lowest BCUT2D eigenvalue weighted by atomic mass is 10.1. The molecule has 1 aliphatic carbocycles. The molecule has 0 N–H and O–H groups in total. The first kappa shape index (κ1) is 10.1. The number of rotatable bonds is 3. The smallest absolute Gasteiger partial charge is 0.122 e. The highest BCUT2D eigenvalue weighted by Crippen LogP contribution is 2.53. The molecule has 0 amide bonds. The number of nitrogens with zero attached hydrogens (tertiary/aromatic N) is 1. The Hall–Kier alpha value is 0.540. The molecule has 2 fully saturated rings. The molecule has 0 aromatic carbocycles. The second kappa shape index (κ2) is 3.60. The van der Waals surface area contributed by atoms with Crippen molar-refractivity contribution in [1.82, 2.24) is 4.90 Å². The standard InChI is InChI=1S/C10H17Cl2N/c1-2-9-4-3-5-13(9)7-8-6-10(8,11)12/h8-9H,2-7H2,1H3. The summed E-state index contributed by atoms with van der Waals surface area (Å²) < 4.78 is -0.388. The second-order valence-corrected chi connectivity index (χ2v) is 5.90. The summed E-state index contributed by atoms with van der Waals surface area (Å²) in [6, 6.07) is 0.796. The van der Waals surface area contributed by atoms with Crippen molar-refractivity contribution in [3.05, 3.63) is 0 Å². The molecule has 76 valence electrons. The Labute approximate surface area is 90.4 Å². The Morgan fingerprint density at radius 1 is 1.46 bits per heavy atom. The van der Waals surface area contributed by atoms with E-state index in [0.29, 0.717) is 5.92 Å². The summed E-state index contributed by atoms with van der Waals surface area (Å²) in [7, 11) is 0. The molecule has 0 aromatic heterocycles. The van der Waals surface area contributed by atoms with Gasteiger partial charge in [-0.25, -0.2) is 0 Å². The van der Waals surface area contributed by atoms with Gasteiger partial charge in [0.15, 0.2) is 0 Å². The molecule has 0 aromatic rings. The molecule has 2 rings (SSSR count). The molecule has 1 saturated heterocycles. The SMILES string of the molecule is CCC1CCCN1CC1CC1(Cl)Cl. The van der Waals surface area contributed by atoms with Gasteiger partial charge in [-0.3, -0.25) is 0 Å². The molecule has 0 radical (unpaired) electrons. The maximum absolute atomic E-state index is 6.02. The first-order chi connectivity index (χ1) is 6.13. The van der Waals surface area contributed by atoms with Crippen molar-refractivity contribution >= 4 is 23.2 Å². The lowest BCUT2D eigenvalue weighted by Crippen LogP contribution is -2.31. The summed E-state index contributed by atoms with van der Waals surface area (Å²) in [6.07, 6.45) is 4.97. The van der Waals surface area contributed by atoms with Gasteiger partial charge < -0.3 is 4.90 Å². The van der Waals surface area contributed by atoms with E-state index >= 15 is 0 Å².